The number of hydrogen-bond acceptors (Lipinski definition) is 1. The van der Waals surface area contributed by atoms with Crippen molar-refractivity contribution in [2.24, 2.45) is 0 Å². The van der Waals surface area contributed by atoms with Gasteiger partial charge in [0.15, 0.2) is 0 Å². The molecule has 0 fully saturated rings. The zero-order chi connectivity index (χ0) is 7.82. The van der Waals surface area contributed by atoms with E-state index in [1.807, 2.05) is 24.3 Å². The average Bonchev–Trinajstić information content (AvgIpc) is 2.10. The number of benzene rings is 1. The van der Waals surface area contributed by atoms with E-state index in [1.54, 1.807) is 12.1 Å². The number of halogens is 1. The van der Waals surface area contributed by atoms with Crippen LogP contribution in [0.15, 0.2) is 30.3 Å². The maximum absolute atomic E-state index is 8.29. The van der Waals surface area contributed by atoms with Gasteiger partial charge in [-0.3, -0.25) is 0 Å². The van der Waals surface area contributed by atoms with Gasteiger partial charge in [-0.05, 0) is 12.1 Å². The first kappa shape index (κ1) is 13.9. The Morgan fingerprint density at radius 2 is 1.64 bits per heavy atom. The van der Waals surface area contributed by atoms with Gasteiger partial charge in [0.05, 0.1) is 11.6 Å². The van der Waals surface area contributed by atoms with Crippen LogP contribution < -0.4 is 0 Å². The SMILES string of the molecule is N#Cc1ccccc1.[Cl][Pd].[Pd]. The van der Waals surface area contributed by atoms with Crippen LogP contribution in [0, 0.1) is 11.3 Å². The molecule has 0 atom stereocenters. The summed E-state index contributed by atoms with van der Waals surface area (Å²) in [7, 11) is 4.49. The van der Waals surface area contributed by atoms with Crippen molar-refractivity contribution in [1.82, 2.24) is 0 Å². The van der Waals surface area contributed by atoms with Crippen molar-refractivity contribution in [3.8, 4) is 6.07 Å². The molecular formula is C7H5ClNPd2. The van der Waals surface area contributed by atoms with Crippen LogP contribution in [-0.4, -0.2) is 0 Å². The Morgan fingerprint density at radius 1 is 1.18 bits per heavy atom. The molecular weight excluding hydrogens is 346 g/mol. The monoisotopic (exact) mass is 350 g/mol. The van der Waals surface area contributed by atoms with Gasteiger partial charge < -0.3 is 0 Å². The molecule has 1 rings (SSSR count). The molecule has 0 aliphatic carbocycles. The first-order chi connectivity index (χ1) is 4.93. The number of rotatable bonds is 0. The van der Waals surface area contributed by atoms with Gasteiger partial charge in [-0.2, -0.15) is 5.26 Å². The molecule has 1 nitrogen and oxygen atoms in total. The van der Waals surface area contributed by atoms with Gasteiger partial charge in [0, 0.05) is 20.4 Å². The van der Waals surface area contributed by atoms with Gasteiger partial charge >= 0.3 is 27.7 Å². The minimum Gasteiger partial charge on any atom is 0 e. The second kappa shape index (κ2) is 10.3. The molecule has 0 bridgehead atoms. The summed E-state index contributed by atoms with van der Waals surface area (Å²) < 4.78 is 0. The molecule has 0 aliphatic rings. The van der Waals surface area contributed by atoms with Gasteiger partial charge in [-0.1, -0.05) is 18.2 Å². The normalized spacial score (nSPS) is 6.36. The Kier molecular flexibility index (Phi) is 13.0. The molecule has 4 heteroatoms. The molecule has 0 amide bonds. The maximum atomic E-state index is 8.29. The van der Waals surface area contributed by atoms with Crippen molar-refractivity contribution >= 4 is 9.53 Å². The van der Waals surface area contributed by atoms with E-state index in [0.29, 0.717) is 5.56 Å². The van der Waals surface area contributed by atoms with Crippen LogP contribution in [0.1, 0.15) is 5.56 Å². The predicted molar refractivity (Wildman–Crippen MR) is 37.0 cm³/mol. The summed E-state index contributed by atoms with van der Waals surface area (Å²) in [4.78, 5) is 0. The summed E-state index contributed by atoms with van der Waals surface area (Å²) in [5, 5.41) is 8.29. The van der Waals surface area contributed by atoms with Gasteiger partial charge in [0.1, 0.15) is 0 Å². The van der Waals surface area contributed by atoms with E-state index < -0.39 is 0 Å². The molecule has 0 aliphatic heterocycles. The molecule has 11 heavy (non-hydrogen) atoms. The van der Waals surface area contributed by atoms with Crippen molar-refractivity contribution in [1.29, 1.82) is 5.26 Å². The molecule has 65 valence electrons. The van der Waals surface area contributed by atoms with Crippen molar-refractivity contribution in [3.05, 3.63) is 35.9 Å². The third kappa shape index (κ3) is 6.71. The molecule has 1 aromatic carbocycles. The summed E-state index contributed by atoms with van der Waals surface area (Å²) >= 11 is 2.22. The number of nitrogens with zero attached hydrogens (tertiary/aromatic N) is 1. The zero-order valence-electron chi connectivity index (χ0n) is 5.34. The van der Waals surface area contributed by atoms with E-state index in [4.69, 9.17) is 5.26 Å². The van der Waals surface area contributed by atoms with Crippen LogP contribution >= 0.6 is 9.53 Å². The molecule has 1 aromatic rings. The minimum absolute atomic E-state index is 0. The quantitative estimate of drug-likeness (QED) is 0.658. The average molecular weight is 351 g/mol. The fourth-order valence-electron chi connectivity index (χ4n) is 0.513. The number of nitriles is 1. The van der Waals surface area contributed by atoms with Crippen LogP contribution in [-0.2, 0) is 38.6 Å². The van der Waals surface area contributed by atoms with Gasteiger partial charge in [0.2, 0.25) is 0 Å². The van der Waals surface area contributed by atoms with E-state index in [9.17, 15) is 0 Å². The van der Waals surface area contributed by atoms with Crippen LogP contribution in [0.25, 0.3) is 0 Å². The molecule has 0 heterocycles. The standard InChI is InChI=1S/C7H5N.ClH.2Pd/c8-6-7-4-2-1-3-5-7;;;/h1-5H;1H;;/q;;;+1/p-1. The van der Waals surface area contributed by atoms with Gasteiger partial charge in [0.25, 0.3) is 0 Å². The third-order valence-electron chi connectivity index (χ3n) is 0.903. The fraction of sp³-hybridized carbons (Fsp3) is 0. The molecule has 0 spiro atoms. The van der Waals surface area contributed by atoms with Crippen molar-refractivity contribution in [3.63, 3.8) is 0 Å². The first-order valence-electron chi connectivity index (χ1n) is 2.50. The molecule has 0 saturated carbocycles. The largest absolute Gasteiger partial charge is 0 e. The molecule has 0 saturated heterocycles. The zero-order valence-corrected chi connectivity index (χ0v) is 9.21. The molecule has 0 unspecified atom stereocenters. The Labute approximate surface area is 94.8 Å². The van der Waals surface area contributed by atoms with E-state index in [2.05, 4.69) is 27.7 Å². The predicted octanol–water partition coefficient (Wildman–Crippen LogP) is 2.24. The maximum Gasteiger partial charge on any atom is 0 e. The fourth-order valence-corrected chi connectivity index (χ4v) is 0.513. The summed E-state index contributed by atoms with van der Waals surface area (Å²) in [6.07, 6.45) is 0. The van der Waals surface area contributed by atoms with E-state index >= 15 is 0 Å². The first-order valence-corrected chi connectivity index (χ1v) is 4.51. The Hall–Kier alpha value is 0.325. The van der Waals surface area contributed by atoms with Crippen molar-refractivity contribution in [2.75, 3.05) is 0 Å². The van der Waals surface area contributed by atoms with Crippen LogP contribution in [0.2, 0.25) is 0 Å². The smallest absolute Gasteiger partial charge is 0 e. The summed E-state index contributed by atoms with van der Waals surface area (Å²) in [6, 6.07) is 11.2. The van der Waals surface area contributed by atoms with Crippen LogP contribution in [0.5, 0.6) is 0 Å². The molecule has 0 aromatic heterocycles. The summed E-state index contributed by atoms with van der Waals surface area (Å²) in [6.45, 7) is 0. The Balaban J connectivity index is 0. The van der Waals surface area contributed by atoms with Crippen LogP contribution in [0.4, 0.5) is 0 Å². The summed E-state index contributed by atoms with van der Waals surface area (Å²) in [5.41, 5.74) is 0.715. The van der Waals surface area contributed by atoms with Gasteiger partial charge in [-0.15, -0.1) is 0 Å². The summed E-state index contributed by atoms with van der Waals surface area (Å²) in [5.74, 6) is 0. The third-order valence-corrected chi connectivity index (χ3v) is 0.903. The Bertz CT molecular complexity index is 207. The van der Waals surface area contributed by atoms with Crippen molar-refractivity contribution in [2.45, 2.75) is 0 Å². The van der Waals surface area contributed by atoms with E-state index in [-0.39, 0.29) is 20.4 Å². The number of hydrogen-bond donors (Lipinski definition) is 0. The van der Waals surface area contributed by atoms with Gasteiger partial charge in [-0.25, -0.2) is 0 Å². The second-order valence-corrected chi connectivity index (χ2v) is 1.48. The van der Waals surface area contributed by atoms with Crippen LogP contribution in [0.3, 0.4) is 0 Å². The van der Waals surface area contributed by atoms with Crippen molar-refractivity contribution < 1.29 is 38.6 Å². The Morgan fingerprint density at radius 3 is 1.91 bits per heavy atom. The molecule has 0 N–H and O–H groups in total. The topological polar surface area (TPSA) is 23.8 Å². The second-order valence-electron chi connectivity index (χ2n) is 1.48. The van der Waals surface area contributed by atoms with E-state index in [1.165, 1.54) is 0 Å². The minimum atomic E-state index is 0. The van der Waals surface area contributed by atoms with E-state index in [0.717, 1.165) is 0 Å². The molecule has 0 radical (unpaired) electrons.